The second kappa shape index (κ2) is 7.86. The molecule has 0 spiro atoms. The van der Waals surface area contributed by atoms with Gasteiger partial charge in [-0.2, -0.15) is 39.0 Å². The number of hydrogen-bond donors (Lipinski definition) is 1. The van der Waals surface area contributed by atoms with Gasteiger partial charge in [0.2, 0.25) is 0 Å². The third kappa shape index (κ3) is 3.61. The Balaban J connectivity index is 2.03. The van der Waals surface area contributed by atoms with Gasteiger partial charge in [-0.25, -0.2) is 9.67 Å². The zero-order valence-electron chi connectivity index (χ0n) is 16.2. The van der Waals surface area contributed by atoms with Crippen molar-refractivity contribution in [1.29, 1.82) is 10.5 Å². The number of carbonyl (C=O) groups is 1. The highest BCUT2D eigenvalue weighted by atomic mass is 19.4. The van der Waals surface area contributed by atoms with Crippen LogP contribution in [-0.2, 0) is 6.18 Å². The average molecular weight is 450 g/mol. The fourth-order valence-corrected chi connectivity index (χ4v) is 3.10. The zero-order valence-corrected chi connectivity index (χ0v) is 16.2. The van der Waals surface area contributed by atoms with Gasteiger partial charge in [0.05, 0.1) is 34.8 Å². The highest BCUT2D eigenvalue weighted by molar-refractivity contribution is 6.00. The van der Waals surface area contributed by atoms with Gasteiger partial charge in [-0.1, -0.05) is 0 Å². The summed E-state index contributed by atoms with van der Waals surface area (Å²) in [5.74, 6) is -1.39. The monoisotopic (exact) mass is 450 g/mol. The maximum absolute atomic E-state index is 14.1. The normalized spacial score (nSPS) is 11.1. The fourth-order valence-electron chi connectivity index (χ4n) is 3.10. The van der Waals surface area contributed by atoms with Crippen molar-refractivity contribution in [1.82, 2.24) is 34.7 Å². The molecular weight excluding hydrogens is 441 g/mol. The van der Waals surface area contributed by atoms with Gasteiger partial charge in [-0.3, -0.25) is 9.78 Å². The third-order valence-electron chi connectivity index (χ3n) is 4.42. The third-order valence-corrected chi connectivity index (χ3v) is 4.42. The number of rotatable bonds is 4. The molecule has 0 bridgehead atoms. The summed E-state index contributed by atoms with van der Waals surface area (Å²) in [6.45, 7) is 0. The van der Waals surface area contributed by atoms with E-state index in [9.17, 15) is 28.5 Å². The first kappa shape index (κ1) is 21.1. The number of aromatic nitrogens is 7. The van der Waals surface area contributed by atoms with Crippen LogP contribution < -0.4 is 5.73 Å². The van der Waals surface area contributed by atoms with Crippen molar-refractivity contribution < 1.29 is 18.0 Å². The average Bonchev–Trinajstić information content (AvgIpc) is 3.46. The van der Waals surface area contributed by atoms with Crippen molar-refractivity contribution in [2.75, 3.05) is 0 Å². The van der Waals surface area contributed by atoms with Crippen LogP contribution in [0.2, 0.25) is 0 Å². The molecule has 0 aliphatic carbocycles. The molecule has 0 fully saturated rings. The van der Waals surface area contributed by atoms with Gasteiger partial charge in [0.15, 0.2) is 11.5 Å². The summed E-state index contributed by atoms with van der Waals surface area (Å²) in [7, 11) is 0. The number of nitriles is 2. The fraction of sp³-hybridized carbons (Fsp3) is 0.0526. The van der Waals surface area contributed by atoms with Crippen molar-refractivity contribution in [3.05, 3.63) is 65.5 Å². The van der Waals surface area contributed by atoms with Crippen LogP contribution >= 0.6 is 0 Å². The van der Waals surface area contributed by atoms with E-state index in [1.54, 1.807) is 6.07 Å². The Morgan fingerprint density at radius 1 is 1.06 bits per heavy atom. The first-order valence-electron chi connectivity index (χ1n) is 8.88. The molecule has 0 aliphatic heterocycles. The van der Waals surface area contributed by atoms with Crippen molar-refractivity contribution in [2.45, 2.75) is 6.18 Å². The number of halogens is 3. The largest absolute Gasteiger partial charge is 0.434 e. The van der Waals surface area contributed by atoms with Crippen molar-refractivity contribution in [2.24, 2.45) is 5.73 Å². The van der Waals surface area contributed by atoms with Gasteiger partial charge < -0.3 is 5.73 Å². The van der Waals surface area contributed by atoms with Crippen molar-refractivity contribution in [3.63, 3.8) is 0 Å². The molecule has 0 unspecified atom stereocenters. The number of hydrogen-bond acceptors (Lipinski definition) is 8. The van der Waals surface area contributed by atoms with Crippen LogP contribution in [0.1, 0.15) is 27.2 Å². The molecule has 4 heterocycles. The molecule has 0 saturated carbocycles. The summed E-state index contributed by atoms with van der Waals surface area (Å²) >= 11 is 0. The van der Waals surface area contributed by atoms with Crippen LogP contribution in [-0.4, -0.2) is 40.6 Å². The van der Waals surface area contributed by atoms with E-state index >= 15 is 0 Å². The minimum absolute atomic E-state index is 0.0169. The molecule has 0 saturated heterocycles. The molecule has 2 N–H and O–H groups in total. The zero-order chi connectivity index (χ0) is 23.8. The van der Waals surface area contributed by atoms with E-state index in [4.69, 9.17) is 5.73 Å². The van der Waals surface area contributed by atoms with Crippen LogP contribution in [0.3, 0.4) is 0 Å². The molecule has 14 heteroatoms. The molecule has 1 amide bonds. The van der Waals surface area contributed by atoms with Gasteiger partial charge in [0.1, 0.15) is 17.8 Å². The van der Waals surface area contributed by atoms with Crippen LogP contribution in [0.15, 0.2) is 43.1 Å². The molecule has 0 aliphatic rings. The number of nitrogens with zero attached hydrogens (tertiary/aromatic N) is 9. The van der Waals surface area contributed by atoms with Crippen LogP contribution in [0, 0.1) is 22.7 Å². The Kier molecular flexibility index (Phi) is 5.03. The maximum atomic E-state index is 14.1. The van der Waals surface area contributed by atoms with Gasteiger partial charge in [-0.15, -0.1) is 4.80 Å². The Bertz CT molecular complexity index is 1460. The van der Waals surface area contributed by atoms with E-state index in [1.165, 1.54) is 24.7 Å². The lowest BCUT2D eigenvalue weighted by Gasteiger charge is -2.12. The standard InChI is InChI=1S/C19H9F3N10O/c20-19(21,22)16-14(17(25)33)15(30-31(16)13-1-2-26-8-12(13)7-24)11-5-10(6-23)18(27-9-11)32-28-3-4-29-32/h1-5,8-9H,(H2,25,33). The molecule has 11 nitrogen and oxygen atoms in total. The second-order valence-corrected chi connectivity index (χ2v) is 6.38. The van der Waals surface area contributed by atoms with E-state index in [0.717, 1.165) is 23.3 Å². The van der Waals surface area contributed by atoms with Gasteiger partial charge in [-0.05, 0) is 12.1 Å². The number of alkyl halides is 3. The van der Waals surface area contributed by atoms with Gasteiger partial charge in [0, 0.05) is 24.2 Å². The van der Waals surface area contributed by atoms with Crippen molar-refractivity contribution in [3.8, 4) is 34.9 Å². The van der Waals surface area contributed by atoms with E-state index in [0.29, 0.717) is 4.68 Å². The van der Waals surface area contributed by atoms with Gasteiger partial charge in [0.25, 0.3) is 5.91 Å². The summed E-state index contributed by atoms with van der Waals surface area (Å²) in [4.78, 5) is 21.0. The first-order chi connectivity index (χ1) is 15.8. The lowest BCUT2D eigenvalue weighted by Crippen LogP contribution is -2.21. The summed E-state index contributed by atoms with van der Waals surface area (Å²) in [6.07, 6.45) is 0.957. The number of carbonyl (C=O) groups excluding carboxylic acids is 1. The Hall–Kier alpha value is -5.11. The molecule has 4 rings (SSSR count). The lowest BCUT2D eigenvalue weighted by atomic mass is 10.0. The Morgan fingerprint density at radius 3 is 2.36 bits per heavy atom. The summed E-state index contributed by atoms with van der Waals surface area (Å²) in [5.41, 5.74) is 1.74. The van der Waals surface area contributed by atoms with Crippen LogP contribution in [0.5, 0.6) is 0 Å². The first-order valence-corrected chi connectivity index (χ1v) is 8.88. The minimum Gasteiger partial charge on any atom is -0.365 e. The number of pyridine rings is 2. The van der Waals surface area contributed by atoms with Crippen LogP contribution in [0.25, 0.3) is 22.8 Å². The van der Waals surface area contributed by atoms with Crippen molar-refractivity contribution >= 4 is 5.91 Å². The molecule has 0 atom stereocenters. The smallest absolute Gasteiger partial charge is 0.365 e. The van der Waals surface area contributed by atoms with E-state index < -0.39 is 29.0 Å². The highest BCUT2D eigenvalue weighted by Crippen LogP contribution is 2.38. The molecule has 4 aromatic heterocycles. The summed E-state index contributed by atoms with van der Waals surface area (Å²) in [5, 5.41) is 30.5. The van der Waals surface area contributed by atoms with E-state index in [1.807, 2.05) is 6.07 Å². The van der Waals surface area contributed by atoms with Gasteiger partial charge >= 0.3 is 6.18 Å². The number of nitrogens with two attached hydrogens (primary N) is 1. The predicted molar refractivity (Wildman–Crippen MR) is 102 cm³/mol. The molecule has 162 valence electrons. The predicted octanol–water partition coefficient (Wildman–Crippen LogP) is 1.77. The maximum Gasteiger partial charge on any atom is 0.434 e. The molecule has 0 radical (unpaired) electrons. The highest BCUT2D eigenvalue weighted by Gasteiger charge is 2.43. The summed E-state index contributed by atoms with van der Waals surface area (Å²) < 4.78 is 42.6. The topological polar surface area (TPSA) is 165 Å². The van der Waals surface area contributed by atoms with Crippen LogP contribution in [0.4, 0.5) is 13.2 Å². The molecule has 4 aromatic rings. The quantitative estimate of drug-likeness (QED) is 0.491. The van der Waals surface area contributed by atoms with E-state index in [2.05, 4.69) is 25.3 Å². The SMILES string of the molecule is N#Cc1cnccc1-n1nc(-c2cnc(-n3nccn3)c(C#N)c2)c(C(N)=O)c1C(F)(F)F. The molecular formula is C19H9F3N10O. The number of primary amides is 1. The molecule has 33 heavy (non-hydrogen) atoms. The Morgan fingerprint density at radius 2 is 1.76 bits per heavy atom. The molecule has 0 aromatic carbocycles. The second-order valence-electron chi connectivity index (χ2n) is 6.38. The van der Waals surface area contributed by atoms with E-state index in [-0.39, 0.29) is 28.2 Å². The minimum atomic E-state index is -5.07. The number of amides is 1. The Labute approximate surface area is 182 Å². The summed E-state index contributed by atoms with van der Waals surface area (Å²) in [6, 6.07) is 5.91. The lowest BCUT2D eigenvalue weighted by molar-refractivity contribution is -0.143.